The summed E-state index contributed by atoms with van der Waals surface area (Å²) in [6.07, 6.45) is 4.46. The zero-order valence-corrected chi connectivity index (χ0v) is 19.0. The number of nitrogens with zero attached hydrogens (tertiary/aromatic N) is 2. The Labute approximate surface area is 188 Å². The Morgan fingerprint density at radius 1 is 1.19 bits per heavy atom. The highest BCUT2D eigenvalue weighted by molar-refractivity contribution is 7.12. The Kier molecular flexibility index (Phi) is 7.14. The van der Waals surface area contributed by atoms with Crippen LogP contribution >= 0.6 is 22.9 Å². The first-order valence-corrected chi connectivity index (χ1v) is 10.5. The minimum atomic E-state index is -0.645. The van der Waals surface area contributed by atoms with Crippen LogP contribution in [0.4, 0.5) is 0 Å². The minimum Gasteiger partial charge on any atom is -0.493 e. The van der Waals surface area contributed by atoms with E-state index in [1.165, 1.54) is 37.7 Å². The van der Waals surface area contributed by atoms with Crippen molar-refractivity contribution in [3.05, 3.63) is 63.4 Å². The summed E-state index contributed by atoms with van der Waals surface area (Å²) in [5, 5.41) is 3.00. The third-order valence-corrected chi connectivity index (χ3v) is 5.59. The Bertz CT molecular complexity index is 1140. The zero-order chi connectivity index (χ0) is 22.5. The second kappa shape index (κ2) is 9.80. The second-order valence-corrected chi connectivity index (χ2v) is 7.82. The number of halogens is 1. The molecule has 2 aromatic heterocycles. The van der Waals surface area contributed by atoms with Crippen molar-refractivity contribution in [1.82, 2.24) is 9.55 Å². The highest BCUT2D eigenvalue weighted by Gasteiger charge is 2.18. The van der Waals surface area contributed by atoms with E-state index in [1.54, 1.807) is 24.4 Å². The van der Waals surface area contributed by atoms with Gasteiger partial charge in [-0.2, -0.15) is 0 Å². The molecule has 0 fully saturated rings. The molecule has 0 saturated carbocycles. The van der Waals surface area contributed by atoms with E-state index in [2.05, 4.69) is 4.98 Å². The molecule has 2 heterocycles. The van der Waals surface area contributed by atoms with E-state index in [1.807, 2.05) is 23.8 Å². The summed E-state index contributed by atoms with van der Waals surface area (Å²) in [4.78, 5) is 29.0. The van der Waals surface area contributed by atoms with Crippen molar-refractivity contribution in [3.63, 3.8) is 0 Å². The van der Waals surface area contributed by atoms with E-state index in [-0.39, 0.29) is 12.4 Å². The topological polar surface area (TPSA) is 79.7 Å². The molecule has 0 radical (unpaired) electrons. The molecule has 9 heteroatoms. The average molecular weight is 461 g/mol. The molecule has 3 rings (SSSR count). The molecule has 0 N–H and O–H groups in total. The van der Waals surface area contributed by atoms with Gasteiger partial charge in [0, 0.05) is 34.6 Å². The number of hydrogen-bond acceptors (Lipinski definition) is 7. The van der Waals surface area contributed by atoms with Crippen molar-refractivity contribution >= 4 is 40.8 Å². The number of rotatable bonds is 8. The van der Waals surface area contributed by atoms with Crippen LogP contribution in [-0.2, 0) is 9.53 Å². The molecular weight excluding hydrogens is 440 g/mol. The van der Waals surface area contributed by atoms with Crippen molar-refractivity contribution in [2.75, 3.05) is 20.8 Å². The van der Waals surface area contributed by atoms with Crippen molar-refractivity contribution < 1.29 is 23.8 Å². The van der Waals surface area contributed by atoms with E-state index >= 15 is 0 Å². The van der Waals surface area contributed by atoms with Crippen LogP contribution in [0.3, 0.4) is 0 Å². The van der Waals surface area contributed by atoms with E-state index in [9.17, 15) is 9.59 Å². The van der Waals surface area contributed by atoms with Gasteiger partial charge in [0.05, 0.1) is 19.2 Å². The summed E-state index contributed by atoms with van der Waals surface area (Å²) in [7, 11) is 2.98. The molecular formula is C22H21ClN2O5S. The average Bonchev–Trinajstić information content (AvgIpc) is 3.37. The van der Waals surface area contributed by atoms with Gasteiger partial charge in [0.2, 0.25) is 5.78 Å². The van der Waals surface area contributed by atoms with Gasteiger partial charge in [0.25, 0.3) is 0 Å². The molecule has 0 amide bonds. The van der Waals surface area contributed by atoms with E-state index < -0.39 is 5.97 Å². The quantitative estimate of drug-likeness (QED) is 0.276. The summed E-state index contributed by atoms with van der Waals surface area (Å²) >= 11 is 7.64. The normalized spacial score (nSPS) is 11.0. The van der Waals surface area contributed by atoms with Gasteiger partial charge in [-0.15, -0.1) is 11.3 Å². The number of carbonyl (C=O) groups excluding carboxylic acids is 2. The molecule has 7 nitrogen and oxygen atoms in total. The second-order valence-electron chi connectivity index (χ2n) is 6.54. The van der Waals surface area contributed by atoms with Gasteiger partial charge >= 0.3 is 5.97 Å². The Morgan fingerprint density at radius 2 is 1.97 bits per heavy atom. The van der Waals surface area contributed by atoms with Gasteiger partial charge in [-0.3, -0.25) is 9.36 Å². The van der Waals surface area contributed by atoms with Gasteiger partial charge < -0.3 is 14.2 Å². The van der Waals surface area contributed by atoms with Crippen molar-refractivity contribution in [2.45, 2.75) is 13.8 Å². The summed E-state index contributed by atoms with van der Waals surface area (Å²) in [5.74, 6) is -0.0848. The highest BCUT2D eigenvalue weighted by atomic mass is 35.5. The van der Waals surface area contributed by atoms with Crippen LogP contribution in [0.1, 0.15) is 27.3 Å². The lowest BCUT2D eigenvalue weighted by atomic mass is 10.1. The summed E-state index contributed by atoms with van der Waals surface area (Å²) < 4.78 is 17.4. The number of ether oxygens (including phenoxy) is 3. The number of Topliss-reactive ketones (excluding diaryl/α,β-unsaturated/α-hetero) is 1. The number of methoxy groups -OCH3 is 2. The van der Waals surface area contributed by atoms with E-state index in [0.717, 1.165) is 16.5 Å². The van der Waals surface area contributed by atoms with Gasteiger partial charge in [0.1, 0.15) is 0 Å². The van der Waals surface area contributed by atoms with Gasteiger partial charge in [-0.05, 0) is 43.7 Å². The molecule has 31 heavy (non-hydrogen) atoms. The van der Waals surface area contributed by atoms with Crippen LogP contribution in [-0.4, -0.2) is 42.1 Å². The van der Waals surface area contributed by atoms with Crippen LogP contribution in [0, 0.1) is 13.8 Å². The molecule has 0 atom stereocenters. The van der Waals surface area contributed by atoms with E-state index in [4.69, 9.17) is 25.8 Å². The molecule has 0 aliphatic heterocycles. The number of hydrogen-bond donors (Lipinski definition) is 0. The first kappa shape index (κ1) is 22.6. The number of aromatic nitrogens is 2. The lowest BCUT2D eigenvalue weighted by Gasteiger charge is -2.10. The van der Waals surface area contributed by atoms with Crippen LogP contribution in [0.2, 0.25) is 5.02 Å². The maximum Gasteiger partial charge on any atom is 0.331 e. The van der Waals surface area contributed by atoms with Gasteiger partial charge in [-0.1, -0.05) is 11.6 Å². The van der Waals surface area contributed by atoms with Crippen molar-refractivity contribution in [3.8, 4) is 16.6 Å². The monoisotopic (exact) mass is 460 g/mol. The molecule has 0 bridgehead atoms. The lowest BCUT2D eigenvalue weighted by molar-refractivity contribution is -0.136. The van der Waals surface area contributed by atoms with Crippen LogP contribution in [0.25, 0.3) is 11.2 Å². The Morgan fingerprint density at radius 3 is 2.61 bits per heavy atom. The molecule has 0 unspecified atom stereocenters. The fourth-order valence-corrected chi connectivity index (χ4v) is 4.17. The van der Waals surface area contributed by atoms with Crippen LogP contribution in [0.5, 0.6) is 11.5 Å². The predicted octanol–water partition coefficient (Wildman–Crippen LogP) is 4.66. The summed E-state index contributed by atoms with van der Waals surface area (Å²) in [6.45, 7) is 3.37. The standard InChI is InChI=1S/C22H21ClN2O5S/c1-13-9-16(14(2)25(13)22-24-7-8-31-22)18(26)12-30-20(27)6-5-15-10-17(23)21(29-4)19(11-15)28-3/h5-11H,12H2,1-4H3/b6-5+. The third kappa shape index (κ3) is 4.98. The largest absolute Gasteiger partial charge is 0.493 e. The molecule has 162 valence electrons. The Hall–Kier alpha value is -3.10. The minimum absolute atomic E-state index is 0.285. The molecule has 0 aliphatic rings. The van der Waals surface area contributed by atoms with Gasteiger partial charge in [0.15, 0.2) is 23.2 Å². The number of ketones is 1. The van der Waals surface area contributed by atoms with Crippen molar-refractivity contribution in [2.24, 2.45) is 0 Å². The zero-order valence-electron chi connectivity index (χ0n) is 17.5. The molecule has 0 aliphatic carbocycles. The lowest BCUT2D eigenvalue weighted by Crippen LogP contribution is -2.13. The number of thiazole rings is 1. The maximum absolute atomic E-state index is 12.6. The summed E-state index contributed by atoms with van der Waals surface area (Å²) in [6, 6.07) is 5.08. The number of benzene rings is 1. The number of carbonyl (C=O) groups is 2. The SMILES string of the molecule is COc1cc(/C=C/C(=O)OCC(=O)c2cc(C)n(-c3nccs3)c2C)cc(Cl)c1OC. The highest BCUT2D eigenvalue weighted by Crippen LogP contribution is 2.36. The fourth-order valence-electron chi connectivity index (χ4n) is 3.13. The maximum atomic E-state index is 12.6. The molecule has 0 saturated heterocycles. The van der Waals surface area contributed by atoms with Crippen molar-refractivity contribution in [1.29, 1.82) is 0 Å². The first-order valence-electron chi connectivity index (χ1n) is 9.24. The smallest absolute Gasteiger partial charge is 0.331 e. The third-order valence-electron chi connectivity index (χ3n) is 4.56. The van der Waals surface area contributed by atoms with E-state index in [0.29, 0.717) is 27.6 Å². The molecule has 0 spiro atoms. The predicted molar refractivity (Wildman–Crippen MR) is 120 cm³/mol. The van der Waals surface area contributed by atoms with Gasteiger partial charge in [-0.25, -0.2) is 9.78 Å². The summed E-state index contributed by atoms with van der Waals surface area (Å²) in [5.41, 5.74) is 2.76. The molecule has 1 aromatic carbocycles. The van der Waals surface area contributed by atoms with Crippen LogP contribution in [0.15, 0.2) is 35.9 Å². The fraction of sp³-hybridized carbons (Fsp3) is 0.227. The number of esters is 1. The number of aryl methyl sites for hydroxylation is 1. The Balaban J connectivity index is 1.66. The van der Waals surface area contributed by atoms with Crippen LogP contribution < -0.4 is 9.47 Å². The molecule has 3 aromatic rings. The first-order chi connectivity index (χ1) is 14.8.